The van der Waals surface area contributed by atoms with E-state index in [4.69, 9.17) is 0 Å². The monoisotopic (exact) mass is 359 g/mol. The molecule has 2 amide bonds. The lowest BCUT2D eigenvalue weighted by atomic mass is 9.97. The summed E-state index contributed by atoms with van der Waals surface area (Å²) in [6, 6.07) is 10.5. The molecule has 1 saturated heterocycles. The number of amides is 2. The van der Waals surface area contributed by atoms with E-state index in [1.807, 2.05) is 43.3 Å². The number of nitrogens with zero attached hydrogens (tertiary/aromatic N) is 2. The van der Waals surface area contributed by atoms with Crippen molar-refractivity contribution in [2.24, 2.45) is 5.92 Å². The average molecular weight is 359 g/mol. The van der Waals surface area contributed by atoms with Gasteiger partial charge in [0.2, 0.25) is 5.91 Å². The summed E-state index contributed by atoms with van der Waals surface area (Å²) in [5.74, 6) is -2.97. The van der Waals surface area contributed by atoms with Crippen molar-refractivity contribution in [3.05, 3.63) is 59.7 Å². The summed E-state index contributed by atoms with van der Waals surface area (Å²) in [5, 5.41) is 2.82. The van der Waals surface area contributed by atoms with Gasteiger partial charge in [-0.1, -0.05) is 0 Å². The van der Waals surface area contributed by atoms with Crippen LogP contribution in [0.1, 0.15) is 10.4 Å². The highest BCUT2D eigenvalue weighted by Crippen LogP contribution is 2.22. The van der Waals surface area contributed by atoms with Crippen LogP contribution in [0.15, 0.2) is 42.5 Å². The number of nitrogens with one attached hydrogen (secondary N) is 1. The molecule has 2 aromatic carbocycles. The first kappa shape index (κ1) is 17.8. The second-order valence-electron chi connectivity index (χ2n) is 6.47. The van der Waals surface area contributed by atoms with Crippen LogP contribution in [0.5, 0.6) is 0 Å². The maximum Gasteiger partial charge on any atom is 0.254 e. The molecule has 5 nitrogen and oxygen atoms in total. The first-order valence-corrected chi connectivity index (χ1v) is 8.17. The summed E-state index contributed by atoms with van der Waals surface area (Å²) in [6.07, 6.45) is 0. The Balaban J connectivity index is 1.54. The number of halogens is 2. The second-order valence-corrected chi connectivity index (χ2v) is 6.47. The highest BCUT2D eigenvalue weighted by Gasteiger charge is 2.36. The zero-order valence-electron chi connectivity index (χ0n) is 14.5. The number of rotatable bonds is 4. The molecule has 0 bridgehead atoms. The van der Waals surface area contributed by atoms with Crippen LogP contribution in [-0.2, 0) is 4.79 Å². The van der Waals surface area contributed by atoms with Gasteiger partial charge in [-0.25, -0.2) is 8.78 Å². The Bertz CT molecular complexity index is 831. The Morgan fingerprint density at radius 3 is 2.27 bits per heavy atom. The molecule has 1 aliphatic heterocycles. The van der Waals surface area contributed by atoms with Crippen molar-refractivity contribution in [2.75, 3.05) is 37.4 Å². The molecule has 1 N–H and O–H groups in total. The molecule has 0 saturated carbocycles. The molecule has 0 radical (unpaired) electrons. The van der Waals surface area contributed by atoms with E-state index in [9.17, 15) is 18.4 Å². The van der Waals surface area contributed by atoms with Crippen LogP contribution in [0.4, 0.5) is 20.2 Å². The fraction of sp³-hybridized carbons (Fsp3) is 0.263. The summed E-state index contributed by atoms with van der Waals surface area (Å²) >= 11 is 0. The first-order chi connectivity index (χ1) is 12.3. The predicted molar refractivity (Wildman–Crippen MR) is 95.2 cm³/mol. The third-order valence-corrected chi connectivity index (χ3v) is 4.36. The minimum absolute atomic E-state index is 0.0713. The van der Waals surface area contributed by atoms with Crippen LogP contribution in [0.25, 0.3) is 0 Å². The van der Waals surface area contributed by atoms with E-state index in [0.717, 1.165) is 17.8 Å². The molecule has 0 atom stereocenters. The van der Waals surface area contributed by atoms with E-state index in [2.05, 4.69) is 5.32 Å². The van der Waals surface area contributed by atoms with E-state index >= 15 is 0 Å². The minimum atomic E-state index is -1.06. The van der Waals surface area contributed by atoms with E-state index in [0.29, 0.717) is 5.69 Å². The summed E-state index contributed by atoms with van der Waals surface area (Å²) in [7, 11) is 3.86. The third kappa shape index (κ3) is 3.66. The summed E-state index contributed by atoms with van der Waals surface area (Å²) in [5.41, 5.74) is 1.78. The van der Waals surface area contributed by atoms with Gasteiger partial charge in [-0.2, -0.15) is 0 Å². The maximum absolute atomic E-state index is 13.2. The molecule has 1 fully saturated rings. The van der Waals surface area contributed by atoms with Gasteiger partial charge < -0.3 is 15.1 Å². The molecule has 136 valence electrons. The largest absolute Gasteiger partial charge is 0.378 e. The zero-order valence-corrected chi connectivity index (χ0v) is 14.5. The van der Waals surface area contributed by atoms with Crippen molar-refractivity contribution in [3.63, 3.8) is 0 Å². The first-order valence-electron chi connectivity index (χ1n) is 8.17. The molecule has 0 spiro atoms. The number of benzene rings is 2. The van der Waals surface area contributed by atoms with Crippen LogP contribution in [-0.4, -0.2) is 43.9 Å². The second kappa shape index (κ2) is 7.11. The quantitative estimate of drug-likeness (QED) is 0.913. The SMILES string of the molecule is CN(C)c1ccc(NC(=O)C2CN(C(=O)c3ccc(F)c(F)c3)C2)cc1. The highest BCUT2D eigenvalue weighted by molar-refractivity contribution is 5.98. The Morgan fingerprint density at radius 2 is 1.69 bits per heavy atom. The van der Waals surface area contributed by atoms with Crippen LogP contribution in [0, 0.1) is 17.6 Å². The van der Waals surface area contributed by atoms with E-state index in [1.54, 1.807) is 0 Å². The van der Waals surface area contributed by atoms with Crippen molar-refractivity contribution in [1.82, 2.24) is 4.90 Å². The molecule has 1 aliphatic rings. The van der Waals surface area contributed by atoms with Gasteiger partial charge in [0.15, 0.2) is 11.6 Å². The van der Waals surface area contributed by atoms with Crippen LogP contribution in [0.2, 0.25) is 0 Å². The lowest BCUT2D eigenvalue weighted by Crippen LogP contribution is -2.54. The van der Waals surface area contributed by atoms with Crippen molar-refractivity contribution in [3.8, 4) is 0 Å². The van der Waals surface area contributed by atoms with Gasteiger partial charge >= 0.3 is 0 Å². The molecule has 0 aliphatic carbocycles. The molecular formula is C19H19F2N3O2. The molecular weight excluding hydrogens is 340 g/mol. The zero-order chi connectivity index (χ0) is 18.8. The van der Waals surface area contributed by atoms with Gasteiger partial charge in [-0.3, -0.25) is 9.59 Å². The lowest BCUT2D eigenvalue weighted by molar-refractivity contribution is -0.123. The van der Waals surface area contributed by atoms with Gasteiger partial charge in [-0.15, -0.1) is 0 Å². The number of likely N-dealkylation sites (tertiary alicyclic amines) is 1. The van der Waals surface area contributed by atoms with Crippen LogP contribution in [0.3, 0.4) is 0 Å². The molecule has 7 heteroatoms. The van der Waals surface area contributed by atoms with E-state index < -0.39 is 17.5 Å². The van der Waals surface area contributed by atoms with Gasteiger partial charge in [-0.05, 0) is 42.5 Å². The molecule has 0 unspecified atom stereocenters. The van der Waals surface area contributed by atoms with Crippen LogP contribution >= 0.6 is 0 Å². The number of carbonyl (C=O) groups excluding carboxylic acids is 2. The summed E-state index contributed by atoms with van der Waals surface area (Å²) in [6.45, 7) is 0.499. The van der Waals surface area contributed by atoms with Gasteiger partial charge in [0, 0.05) is 44.1 Å². The van der Waals surface area contributed by atoms with Gasteiger partial charge in [0.1, 0.15) is 0 Å². The van der Waals surface area contributed by atoms with Crippen molar-refractivity contribution in [1.29, 1.82) is 0 Å². The predicted octanol–water partition coefficient (Wildman–Crippen LogP) is 2.74. The molecule has 0 aromatic heterocycles. The Hall–Kier alpha value is -2.96. The fourth-order valence-electron chi connectivity index (χ4n) is 2.71. The standard InChI is InChI=1S/C19H19F2N3O2/c1-23(2)15-6-4-14(5-7-15)22-18(25)13-10-24(11-13)19(26)12-3-8-16(20)17(21)9-12/h3-9,13H,10-11H2,1-2H3,(H,22,25). The fourth-order valence-corrected chi connectivity index (χ4v) is 2.71. The minimum Gasteiger partial charge on any atom is -0.378 e. The molecule has 26 heavy (non-hydrogen) atoms. The third-order valence-electron chi connectivity index (χ3n) is 4.36. The van der Waals surface area contributed by atoms with Crippen molar-refractivity contribution in [2.45, 2.75) is 0 Å². The molecule has 2 aromatic rings. The molecule has 1 heterocycles. The van der Waals surface area contributed by atoms with Crippen LogP contribution < -0.4 is 10.2 Å². The maximum atomic E-state index is 13.2. The number of carbonyl (C=O) groups is 2. The Labute approximate surface area is 150 Å². The van der Waals surface area contributed by atoms with Gasteiger partial charge in [0.05, 0.1) is 5.92 Å². The van der Waals surface area contributed by atoms with Crippen molar-refractivity contribution < 1.29 is 18.4 Å². The topological polar surface area (TPSA) is 52.7 Å². The number of hydrogen-bond acceptors (Lipinski definition) is 3. The summed E-state index contributed by atoms with van der Waals surface area (Å²) in [4.78, 5) is 27.9. The lowest BCUT2D eigenvalue weighted by Gasteiger charge is -2.38. The van der Waals surface area contributed by atoms with Crippen molar-refractivity contribution >= 4 is 23.2 Å². The smallest absolute Gasteiger partial charge is 0.254 e. The highest BCUT2D eigenvalue weighted by atomic mass is 19.2. The van der Waals surface area contributed by atoms with E-state index in [-0.39, 0.29) is 30.5 Å². The number of anilines is 2. The average Bonchev–Trinajstić information content (AvgIpc) is 2.56. The summed E-state index contributed by atoms with van der Waals surface area (Å²) < 4.78 is 26.2. The van der Waals surface area contributed by atoms with Gasteiger partial charge in [0.25, 0.3) is 5.91 Å². The molecule has 3 rings (SSSR count). The normalized spacial score (nSPS) is 13.9. The number of hydrogen-bond donors (Lipinski definition) is 1. The van der Waals surface area contributed by atoms with E-state index in [1.165, 1.54) is 11.0 Å². The Kier molecular flexibility index (Phi) is 4.88. The Morgan fingerprint density at radius 1 is 1.04 bits per heavy atom.